The van der Waals surface area contributed by atoms with Gasteiger partial charge in [-0.1, -0.05) is 13.8 Å². The first-order chi connectivity index (χ1) is 12.8. The van der Waals surface area contributed by atoms with Gasteiger partial charge in [-0.15, -0.1) is 0 Å². The smallest absolute Gasteiger partial charge is 0.251 e. The second-order valence-corrected chi connectivity index (χ2v) is 8.32. The molecule has 2 N–H and O–H groups in total. The summed E-state index contributed by atoms with van der Waals surface area (Å²) in [6.07, 6.45) is 2.05. The van der Waals surface area contributed by atoms with Gasteiger partial charge < -0.3 is 24.8 Å². The van der Waals surface area contributed by atoms with Crippen LogP contribution in [0.2, 0.25) is 0 Å². The fourth-order valence-corrected chi connectivity index (χ4v) is 3.08. The molecule has 152 valence electrons. The summed E-state index contributed by atoms with van der Waals surface area (Å²) in [4.78, 5) is 14.9. The third kappa shape index (κ3) is 6.11. The number of ether oxygens (including phenoxy) is 2. The first kappa shape index (κ1) is 21.5. The first-order valence-electron chi connectivity index (χ1n) is 9.73. The van der Waals surface area contributed by atoms with Gasteiger partial charge in [-0.05, 0) is 44.9 Å². The number of hydrogen-bond donors (Lipinski definition) is 2. The van der Waals surface area contributed by atoms with Gasteiger partial charge in [-0.25, -0.2) is 0 Å². The van der Waals surface area contributed by atoms with Crippen LogP contribution in [0.3, 0.4) is 0 Å². The number of amides is 1. The maximum atomic E-state index is 12.5. The number of benzene rings is 1. The maximum absolute atomic E-state index is 12.5. The topological polar surface area (TPSA) is 71.0 Å². The van der Waals surface area contributed by atoms with Crippen molar-refractivity contribution in [2.75, 3.05) is 33.4 Å². The van der Waals surface area contributed by atoms with Crippen molar-refractivity contribution in [3.8, 4) is 11.5 Å². The minimum Gasteiger partial charge on any atom is -0.493 e. The van der Waals surface area contributed by atoms with Gasteiger partial charge in [-0.3, -0.25) is 4.79 Å². The molecule has 0 spiro atoms. The molecule has 6 heteroatoms. The number of hydrogen-bond acceptors (Lipinski definition) is 5. The lowest BCUT2D eigenvalue weighted by Crippen LogP contribution is -2.41. The molecule has 1 aliphatic rings. The van der Waals surface area contributed by atoms with Gasteiger partial charge in [0.15, 0.2) is 11.5 Å². The van der Waals surface area contributed by atoms with E-state index in [1.807, 2.05) is 13.8 Å². The normalized spacial score (nSPS) is 16.4. The highest BCUT2D eigenvalue weighted by Gasteiger charge is 2.24. The van der Waals surface area contributed by atoms with Crippen LogP contribution < -0.4 is 14.8 Å². The second kappa shape index (κ2) is 9.42. The van der Waals surface area contributed by atoms with Crippen molar-refractivity contribution in [1.29, 1.82) is 0 Å². The summed E-state index contributed by atoms with van der Waals surface area (Å²) in [5.74, 6) is 1.06. The SMILES string of the molecule is COc1ccc(C(=O)NCC(C)(C)CO)cc1OC1CCN(C(C)C)CC1. The Labute approximate surface area is 162 Å². The fourth-order valence-electron chi connectivity index (χ4n) is 3.08. The molecule has 0 bridgehead atoms. The minimum atomic E-state index is -0.355. The zero-order chi connectivity index (χ0) is 20.0. The number of nitrogens with zero attached hydrogens (tertiary/aromatic N) is 1. The average molecular weight is 379 g/mol. The Morgan fingerprint density at radius 2 is 1.96 bits per heavy atom. The summed E-state index contributed by atoms with van der Waals surface area (Å²) in [5, 5.41) is 12.2. The molecule has 0 atom stereocenters. The van der Waals surface area contributed by atoms with Crippen LogP contribution in [0.5, 0.6) is 11.5 Å². The summed E-state index contributed by atoms with van der Waals surface area (Å²) < 4.78 is 11.6. The summed E-state index contributed by atoms with van der Waals surface area (Å²) >= 11 is 0. The molecule has 2 rings (SSSR count). The monoisotopic (exact) mass is 378 g/mol. The second-order valence-electron chi connectivity index (χ2n) is 8.32. The number of aliphatic hydroxyl groups is 1. The number of carbonyl (C=O) groups excluding carboxylic acids is 1. The van der Waals surface area contributed by atoms with Gasteiger partial charge >= 0.3 is 0 Å². The van der Waals surface area contributed by atoms with Gasteiger partial charge in [0.1, 0.15) is 6.10 Å². The predicted octanol–water partition coefficient (Wildman–Crippen LogP) is 2.70. The van der Waals surface area contributed by atoms with Gasteiger partial charge in [0.05, 0.1) is 7.11 Å². The van der Waals surface area contributed by atoms with Crippen LogP contribution in [0.1, 0.15) is 50.9 Å². The van der Waals surface area contributed by atoms with E-state index in [0.717, 1.165) is 25.9 Å². The zero-order valence-corrected chi connectivity index (χ0v) is 17.2. The van der Waals surface area contributed by atoms with Crippen LogP contribution in [0.4, 0.5) is 0 Å². The molecule has 1 aromatic carbocycles. The fraction of sp³-hybridized carbons (Fsp3) is 0.667. The lowest BCUT2D eigenvalue weighted by Gasteiger charge is -2.34. The van der Waals surface area contributed by atoms with Crippen molar-refractivity contribution in [2.45, 2.75) is 52.7 Å². The Morgan fingerprint density at radius 1 is 1.30 bits per heavy atom. The van der Waals surface area contributed by atoms with E-state index in [0.29, 0.717) is 29.6 Å². The van der Waals surface area contributed by atoms with Crippen LogP contribution >= 0.6 is 0 Å². The van der Waals surface area contributed by atoms with Gasteiger partial charge in [0, 0.05) is 43.3 Å². The number of nitrogens with one attached hydrogen (secondary N) is 1. The largest absolute Gasteiger partial charge is 0.493 e. The molecule has 1 heterocycles. The molecule has 1 saturated heterocycles. The van der Waals surface area contributed by atoms with E-state index in [9.17, 15) is 9.90 Å². The standard InChI is InChI=1S/C21H34N2O4/c1-15(2)23-10-8-17(9-11-23)27-19-12-16(6-7-18(19)26-5)20(25)22-13-21(3,4)14-24/h6-7,12,15,17,24H,8-11,13-14H2,1-5H3,(H,22,25). The highest BCUT2D eigenvalue weighted by Crippen LogP contribution is 2.31. The van der Waals surface area contributed by atoms with E-state index in [2.05, 4.69) is 24.1 Å². The third-order valence-corrected chi connectivity index (χ3v) is 5.08. The van der Waals surface area contributed by atoms with Crippen LogP contribution in [-0.4, -0.2) is 61.4 Å². The molecule has 0 aliphatic carbocycles. The lowest BCUT2D eigenvalue weighted by atomic mass is 9.95. The van der Waals surface area contributed by atoms with Crippen LogP contribution in [0.25, 0.3) is 0 Å². The first-order valence-corrected chi connectivity index (χ1v) is 9.73. The predicted molar refractivity (Wildman–Crippen MR) is 107 cm³/mol. The Kier molecular flexibility index (Phi) is 7.50. The molecule has 1 fully saturated rings. The van der Waals surface area contributed by atoms with Gasteiger partial charge in [0.2, 0.25) is 0 Å². The number of rotatable bonds is 8. The summed E-state index contributed by atoms with van der Waals surface area (Å²) in [6.45, 7) is 10.7. The quantitative estimate of drug-likeness (QED) is 0.728. The molecule has 27 heavy (non-hydrogen) atoms. The van der Waals surface area contributed by atoms with Gasteiger partial charge in [0.25, 0.3) is 5.91 Å². The molecule has 1 aliphatic heterocycles. The summed E-state index contributed by atoms with van der Waals surface area (Å²) in [5.41, 5.74) is 0.172. The Hall–Kier alpha value is -1.79. The zero-order valence-electron chi connectivity index (χ0n) is 17.2. The van der Waals surface area contributed by atoms with E-state index in [4.69, 9.17) is 9.47 Å². The molecule has 1 aromatic rings. The Balaban J connectivity index is 2.03. The van der Waals surface area contributed by atoms with Crippen molar-refractivity contribution in [3.05, 3.63) is 23.8 Å². The van der Waals surface area contributed by atoms with Crippen molar-refractivity contribution in [2.24, 2.45) is 5.41 Å². The van der Waals surface area contributed by atoms with Crippen molar-refractivity contribution in [1.82, 2.24) is 10.2 Å². The molecular weight excluding hydrogens is 344 g/mol. The minimum absolute atomic E-state index is 0.0132. The molecule has 0 radical (unpaired) electrons. The van der Waals surface area contributed by atoms with Crippen LogP contribution in [0, 0.1) is 5.41 Å². The average Bonchev–Trinajstić information content (AvgIpc) is 2.66. The highest BCUT2D eigenvalue weighted by atomic mass is 16.5. The lowest BCUT2D eigenvalue weighted by molar-refractivity contribution is 0.0817. The molecule has 6 nitrogen and oxygen atoms in total. The van der Waals surface area contributed by atoms with E-state index in [1.54, 1.807) is 25.3 Å². The third-order valence-electron chi connectivity index (χ3n) is 5.08. The number of aliphatic hydroxyl groups excluding tert-OH is 1. The Morgan fingerprint density at radius 3 is 2.52 bits per heavy atom. The van der Waals surface area contributed by atoms with E-state index in [1.165, 1.54) is 0 Å². The number of carbonyl (C=O) groups is 1. The summed E-state index contributed by atoms with van der Waals surface area (Å²) in [7, 11) is 1.60. The molecule has 0 saturated carbocycles. The Bertz CT molecular complexity index is 623. The van der Waals surface area contributed by atoms with Crippen LogP contribution in [-0.2, 0) is 0 Å². The number of methoxy groups -OCH3 is 1. The highest BCUT2D eigenvalue weighted by molar-refractivity contribution is 5.94. The van der Waals surface area contributed by atoms with Crippen molar-refractivity contribution in [3.63, 3.8) is 0 Å². The molecule has 1 amide bonds. The number of piperidine rings is 1. The number of likely N-dealkylation sites (tertiary alicyclic amines) is 1. The molecule has 0 aromatic heterocycles. The maximum Gasteiger partial charge on any atom is 0.251 e. The van der Waals surface area contributed by atoms with E-state index < -0.39 is 0 Å². The van der Waals surface area contributed by atoms with E-state index >= 15 is 0 Å². The summed E-state index contributed by atoms with van der Waals surface area (Å²) in [6, 6.07) is 5.80. The van der Waals surface area contributed by atoms with Crippen molar-refractivity contribution >= 4 is 5.91 Å². The van der Waals surface area contributed by atoms with Gasteiger partial charge in [-0.2, -0.15) is 0 Å². The molecular formula is C21H34N2O4. The molecule has 0 unspecified atom stereocenters. The van der Waals surface area contributed by atoms with E-state index in [-0.39, 0.29) is 24.0 Å². The van der Waals surface area contributed by atoms with Crippen molar-refractivity contribution < 1.29 is 19.4 Å². The van der Waals surface area contributed by atoms with Crippen LogP contribution in [0.15, 0.2) is 18.2 Å².